The lowest BCUT2D eigenvalue weighted by atomic mass is 10.1. The van der Waals surface area contributed by atoms with E-state index in [1.165, 1.54) is 18.2 Å². The smallest absolute Gasteiger partial charge is 0.387 e. The number of hydrogen-bond acceptors (Lipinski definition) is 3. The predicted molar refractivity (Wildman–Crippen MR) is 70.8 cm³/mol. The van der Waals surface area contributed by atoms with E-state index in [1.807, 2.05) is 0 Å². The van der Waals surface area contributed by atoms with Crippen LogP contribution in [0.5, 0.6) is 5.75 Å². The van der Waals surface area contributed by atoms with Crippen molar-refractivity contribution in [1.29, 1.82) is 0 Å². The average molecular weight is 358 g/mol. The lowest BCUT2D eigenvalue weighted by Crippen LogP contribution is -2.40. The van der Waals surface area contributed by atoms with E-state index in [-0.39, 0.29) is 4.90 Å². The van der Waals surface area contributed by atoms with Crippen LogP contribution in [0.4, 0.5) is 8.78 Å². The molecule has 8 heteroatoms. The SMILES string of the molecule is CC(C)(C)NS(=O)(=O)c1ccc(Br)cc1OC(F)F. The molecule has 0 aromatic heterocycles. The van der Waals surface area contributed by atoms with Crippen molar-refractivity contribution < 1.29 is 21.9 Å². The summed E-state index contributed by atoms with van der Waals surface area (Å²) in [7, 11) is -3.94. The molecule has 1 N–H and O–H groups in total. The van der Waals surface area contributed by atoms with Gasteiger partial charge in [-0.1, -0.05) is 15.9 Å². The van der Waals surface area contributed by atoms with Crippen LogP contribution in [-0.4, -0.2) is 20.6 Å². The fourth-order valence-electron chi connectivity index (χ4n) is 1.35. The van der Waals surface area contributed by atoms with E-state index >= 15 is 0 Å². The minimum atomic E-state index is -3.94. The third-order valence-corrected chi connectivity index (χ3v) is 4.14. The number of benzene rings is 1. The molecule has 0 radical (unpaired) electrons. The molecule has 1 rings (SSSR count). The Kier molecular flexibility index (Phi) is 4.91. The largest absolute Gasteiger partial charge is 0.433 e. The standard InChI is InChI=1S/C11H14BrF2NO3S/c1-11(2,3)15-19(16,17)9-5-4-7(12)6-8(9)18-10(13)14/h4-6,10,15H,1-3H3. The summed E-state index contributed by atoms with van der Waals surface area (Å²) in [6.45, 7) is 1.85. The van der Waals surface area contributed by atoms with Gasteiger partial charge in [0.05, 0.1) is 0 Å². The van der Waals surface area contributed by atoms with Crippen LogP contribution in [0.2, 0.25) is 0 Å². The number of halogens is 3. The molecule has 1 aromatic rings. The number of rotatable bonds is 4. The van der Waals surface area contributed by atoms with Gasteiger partial charge in [-0.3, -0.25) is 0 Å². The monoisotopic (exact) mass is 357 g/mol. The number of sulfonamides is 1. The lowest BCUT2D eigenvalue weighted by Gasteiger charge is -2.21. The Hall–Kier alpha value is -0.730. The van der Waals surface area contributed by atoms with E-state index in [0.717, 1.165) is 0 Å². The van der Waals surface area contributed by atoms with Crippen molar-refractivity contribution in [2.24, 2.45) is 0 Å². The van der Waals surface area contributed by atoms with Gasteiger partial charge in [0, 0.05) is 10.0 Å². The second-order valence-electron chi connectivity index (χ2n) is 4.83. The summed E-state index contributed by atoms with van der Waals surface area (Å²) in [5.74, 6) is -0.402. The highest BCUT2D eigenvalue weighted by Gasteiger charge is 2.26. The van der Waals surface area contributed by atoms with Gasteiger partial charge in [0.15, 0.2) is 0 Å². The minimum absolute atomic E-state index is 0.328. The van der Waals surface area contributed by atoms with Gasteiger partial charge in [0.2, 0.25) is 10.0 Å². The molecular formula is C11H14BrF2NO3S. The molecule has 0 fully saturated rings. The van der Waals surface area contributed by atoms with Crippen molar-refractivity contribution in [2.75, 3.05) is 0 Å². The molecule has 0 unspecified atom stereocenters. The number of ether oxygens (including phenoxy) is 1. The molecule has 0 spiro atoms. The Morgan fingerprint density at radius 2 is 1.89 bits per heavy atom. The molecule has 0 aliphatic rings. The minimum Gasteiger partial charge on any atom is -0.433 e. The Balaban J connectivity index is 3.26. The summed E-state index contributed by atoms with van der Waals surface area (Å²) in [4.78, 5) is -0.328. The van der Waals surface area contributed by atoms with Gasteiger partial charge in [0.1, 0.15) is 10.6 Å². The topological polar surface area (TPSA) is 55.4 Å². The molecule has 108 valence electrons. The second kappa shape index (κ2) is 5.72. The molecule has 0 aliphatic carbocycles. The highest BCUT2D eigenvalue weighted by molar-refractivity contribution is 9.10. The zero-order chi connectivity index (χ0) is 14.8. The fraction of sp³-hybridized carbons (Fsp3) is 0.455. The van der Waals surface area contributed by atoms with E-state index in [9.17, 15) is 17.2 Å². The summed E-state index contributed by atoms with van der Waals surface area (Å²) in [6.07, 6.45) is 0. The maximum atomic E-state index is 12.3. The van der Waals surface area contributed by atoms with Gasteiger partial charge < -0.3 is 4.74 Å². The van der Waals surface area contributed by atoms with Gasteiger partial charge in [0.25, 0.3) is 0 Å². The fourth-order valence-corrected chi connectivity index (χ4v) is 3.23. The molecule has 0 amide bonds. The first-order chi connectivity index (χ1) is 8.51. The highest BCUT2D eigenvalue weighted by atomic mass is 79.9. The molecule has 4 nitrogen and oxygen atoms in total. The quantitative estimate of drug-likeness (QED) is 0.900. The molecule has 0 heterocycles. The van der Waals surface area contributed by atoms with Gasteiger partial charge in [-0.2, -0.15) is 8.78 Å². The van der Waals surface area contributed by atoms with E-state index in [0.29, 0.717) is 4.47 Å². The molecular weight excluding hydrogens is 344 g/mol. The first-order valence-corrected chi connectivity index (χ1v) is 7.57. The van der Waals surface area contributed by atoms with E-state index in [1.54, 1.807) is 20.8 Å². The summed E-state index contributed by atoms with van der Waals surface area (Å²) < 4.78 is 55.9. The first-order valence-electron chi connectivity index (χ1n) is 5.29. The van der Waals surface area contributed by atoms with Crippen LogP contribution >= 0.6 is 15.9 Å². The zero-order valence-electron chi connectivity index (χ0n) is 10.6. The number of hydrogen-bond donors (Lipinski definition) is 1. The van der Waals surface area contributed by atoms with Crippen LogP contribution < -0.4 is 9.46 Å². The number of alkyl halides is 2. The Bertz CT molecular complexity index is 556. The molecule has 1 aromatic carbocycles. The maximum absolute atomic E-state index is 12.3. The highest BCUT2D eigenvalue weighted by Crippen LogP contribution is 2.29. The third-order valence-electron chi connectivity index (χ3n) is 1.85. The van der Waals surface area contributed by atoms with Crippen LogP contribution in [-0.2, 0) is 10.0 Å². The summed E-state index contributed by atoms with van der Waals surface area (Å²) in [5.41, 5.74) is -0.728. The number of nitrogens with one attached hydrogen (secondary N) is 1. The van der Waals surface area contributed by atoms with Gasteiger partial charge in [-0.15, -0.1) is 0 Å². The molecule has 0 saturated carbocycles. The Morgan fingerprint density at radius 1 is 1.32 bits per heavy atom. The van der Waals surface area contributed by atoms with E-state index in [4.69, 9.17) is 0 Å². The Labute approximate surface area is 119 Å². The maximum Gasteiger partial charge on any atom is 0.387 e. The zero-order valence-corrected chi connectivity index (χ0v) is 13.0. The Morgan fingerprint density at radius 3 is 2.37 bits per heavy atom. The van der Waals surface area contributed by atoms with Gasteiger partial charge >= 0.3 is 6.61 Å². The van der Waals surface area contributed by atoms with Crippen molar-refractivity contribution in [3.8, 4) is 5.75 Å². The normalized spacial score (nSPS) is 12.8. The summed E-state index contributed by atoms with van der Waals surface area (Å²) in [6, 6.07) is 3.83. The van der Waals surface area contributed by atoms with Crippen LogP contribution in [0.1, 0.15) is 20.8 Å². The van der Waals surface area contributed by atoms with Crippen molar-refractivity contribution in [1.82, 2.24) is 4.72 Å². The molecule has 19 heavy (non-hydrogen) atoms. The second-order valence-corrected chi connectivity index (χ2v) is 7.39. The van der Waals surface area contributed by atoms with Crippen molar-refractivity contribution in [2.45, 2.75) is 37.8 Å². The van der Waals surface area contributed by atoms with Crippen LogP contribution in [0.3, 0.4) is 0 Å². The third kappa shape index (κ3) is 5.04. The molecule has 0 aliphatic heterocycles. The average Bonchev–Trinajstić information content (AvgIpc) is 2.11. The van der Waals surface area contributed by atoms with Crippen molar-refractivity contribution in [3.63, 3.8) is 0 Å². The first kappa shape index (κ1) is 16.3. The molecule has 0 bridgehead atoms. The molecule has 0 saturated heterocycles. The lowest BCUT2D eigenvalue weighted by molar-refractivity contribution is -0.0517. The van der Waals surface area contributed by atoms with Crippen molar-refractivity contribution >= 4 is 26.0 Å². The molecule has 0 atom stereocenters. The van der Waals surface area contributed by atoms with Gasteiger partial charge in [-0.05, 0) is 39.0 Å². The predicted octanol–water partition coefficient (Wildman–Crippen LogP) is 3.13. The van der Waals surface area contributed by atoms with E-state index in [2.05, 4.69) is 25.4 Å². The van der Waals surface area contributed by atoms with Crippen LogP contribution in [0, 0.1) is 0 Å². The van der Waals surface area contributed by atoms with E-state index < -0.39 is 27.9 Å². The van der Waals surface area contributed by atoms with Crippen LogP contribution in [0.25, 0.3) is 0 Å². The van der Waals surface area contributed by atoms with Gasteiger partial charge in [-0.25, -0.2) is 13.1 Å². The summed E-state index contributed by atoms with van der Waals surface area (Å²) >= 11 is 3.07. The van der Waals surface area contributed by atoms with Crippen LogP contribution in [0.15, 0.2) is 27.6 Å². The van der Waals surface area contributed by atoms with Crippen molar-refractivity contribution in [3.05, 3.63) is 22.7 Å². The summed E-state index contributed by atoms with van der Waals surface area (Å²) in [5, 5.41) is 0.